The molecule has 0 atom stereocenters. The number of sulfonamides is 1. The summed E-state index contributed by atoms with van der Waals surface area (Å²) < 4.78 is 32.3. The van der Waals surface area contributed by atoms with E-state index in [4.69, 9.17) is 4.74 Å². The molecule has 0 aliphatic rings. The number of aliphatic imine (C=N–C) groups is 1. The van der Waals surface area contributed by atoms with Gasteiger partial charge in [-0.2, -0.15) is 0 Å². The predicted molar refractivity (Wildman–Crippen MR) is 120 cm³/mol. The predicted octanol–water partition coefficient (Wildman–Crippen LogP) is 1.70. The molecule has 1 amide bonds. The third-order valence-electron chi connectivity index (χ3n) is 3.63. The number of nitrogens with zero attached hydrogens (tertiary/aromatic N) is 1. The van der Waals surface area contributed by atoms with E-state index in [0.29, 0.717) is 25.6 Å². The second-order valence-corrected chi connectivity index (χ2v) is 9.84. The highest BCUT2D eigenvalue weighted by atomic mass is 32.2. The molecular formula is C20H35N5O4S. The Kier molecular flexibility index (Phi) is 10.1. The minimum absolute atomic E-state index is 0.0884. The Labute approximate surface area is 180 Å². The largest absolute Gasteiger partial charge is 0.444 e. The Hall–Kier alpha value is -2.33. The zero-order chi connectivity index (χ0) is 22.8. The van der Waals surface area contributed by atoms with Gasteiger partial charge in [0.1, 0.15) is 5.60 Å². The van der Waals surface area contributed by atoms with E-state index < -0.39 is 21.7 Å². The molecule has 0 aromatic heterocycles. The molecule has 0 bridgehead atoms. The van der Waals surface area contributed by atoms with Gasteiger partial charge in [-0.3, -0.25) is 4.99 Å². The lowest BCUT2D eigenvalue weighted by molar-refractivity contribution is 0.0529. The number of carbonyl (C=O) groups is 1. The second kappa shape index (κ2) is 11.8. The van der Waals surface area contributed by atoms with Crippen LogP contribution in [-0.2, 0) is 27.1 Å². The molecule has 30 heavy (non-hydrogen) atoms. The van der Waals surface area contributed by atoms with Gasteiger partial charge in [0.15, 0.2) is 5.96 Å². The lowest BCUT2D eigenvalue weighted by Gasteiger charge is -2.20. The van der Waals surface area contributed by atoms with Crippen LogP contribution in [-0.4, -0.2) is 52.3 Å². The molecule has 0 aliphatic heterocycles. The highest BCUT2D eigenvalue weighted by Gasteiger charge is 2.16. The molecule has 170 valence electrons. The molecule has 10 heteroatoms. The summed E-state index contributed by atoms with van der Waals surface area (Å²) >= 11 is 0. The Morgan fingerprint density at radius 1 is 1.07 bits per heavy atom. The van der Waals surface area contributed by atoms with E-state index in [1.54, 1.807) is 47.7 Å². The van der Waals surface area contributed by atoms with Crippen molar-refractivity contribution in [3.05, 3.63) is 35.4 Å². The summed E-state index contributed by atoms with van der Waals surface area (Å²) in [5.74, 6) is 0.452. The maximum absolute atomic E-state index is 12.3. The number of rotatable bonds is 9. The monoisotopic (exact) mass is 441 g/mol. The molecule has 0 saturated heterocycles. The first-order valence-corrected chi connectivity index (χ1v) is 11.6. The highest BCUT2D eigenvalue weighted by molar-refractivity contribution is 7.88. The number of benzene rings is 1. The number of guanidine groups is 1. The summed E-state index contributed by atoms with van der Waals surface area (Å²) in [7, 11) is -1.78. The summed E-state index contributed by atoms with van der Waals surface area (Å²) in [6.45, 7) is 10.2. The fourth-order valence-corrected chi connectivity index (χ4v) is 4.03. The number of carbonyl (C=O) groups excluding carboxylic acids is 1. The summed E-state index contributed by atoms with van der Waals surface area (Å²) in [4.78, 5) is 15.8. The highest BCUT2D eigenvalue weighted by Crippen LogP contribution is 2.12. The molecule has 1 aromatic rings. The first-order chi connectivity index (χ1) is 13.9. The number of ether oxygens (including phenoxy) is 1. The topological polar surface area (TPSA) is 121 Å². The van der Waals surface area contributed by atoms with Crippen molar-refractivity contribution < 1.29 is 17.9 Å². The van der Waals surface area contributed by atoms with E-state index in [1.165, 1.54) is 0 Å². The third kappa shape index (κ3) is 11.0. The molecular weight excluding hydrogens is 406 g/mol. The van der Waals surface area contributed by atoms with Crippen LogP contribution in [0.1, 0.15) is 45.7 Å². The van der Waals surface area contributed by atoms with Gasteiger partial charge in [0, 0.05) is 32.7 Å². The first-order valence-electron chi connectivity index (χ1n) is 9.90. The molecule has 9 nitrogen and oxygen atoms in total. The summed E-state index contributed by atoms with van der Waals surface area (Å²) in [6, 6.07) is 7.21. The van der Waals surface area contributed by atoms with Crippen LogP contribution in [0, 0.1) is 0 Å². The van der Waals surface area contributed by atoms with E-state index >= 15 is 0 Å². The van der Waals surface area contributed by atoms with Gasteiger partial charge >= 0.3 is 6.09 Å². The van der Waals surface area contributed by atoms with E-state index in [2.05, 4.69) is 25.7 Å². The number of amides is 1. The van der Waals surface area contributed by atoms with Gasteiger partial charge in [0.2, 0.25) is 10.0 Å². The number of hydrogen-bond donors (Lipinski definition) is 4. The molecule has 4 N–H and O–H groups in total. The van der Waals surface area contributed by atoms with Gasteiger partial charge in [-0.05, 0) is 45.7 Å². The van der Waals surface area contributed by atoms with Crippen molar-refractivity contribution >= 4 is 22.1 Å². The number of hydrogen-bond acceptors (Lipinski definition) is 5. The van der Waals surface area contributed by atoms with Crippen molar-refractivity contribution in [2.75, 3.05) is 20.1 Å². The molecule has 0 radical (unpaired) electrons. The quantitative estimate of drug-likeness (QED) is 0.263. The number of nitrogens with one attached hydrogen (secondary N) is 4. The molecule has 1 aromatic carbocycles. The average molecular weight is 442 g/mol. The minimum Gasteiger partial charge on any atom is -0.444 e. The molecule has 0 fully saturated rings. The summed E-state index contributed by atoms with van der Waals surface area (Å²) in [6.07, 6.45) is -0.475. The normalized spacial score (nSPS) is 12.6. The van der Waals surface area contributed by atoms with Gasteiger partial charge in [-0.15, -0.1) is 0 Å². The summed E-state index contributed by atoms with van der Waals surface area (Å²) in [5, 5.41) is 8.91. The third-order valence-corrected chi connectivity index (χ3v) is 5.16. The fraction of sp³-hybridized carbons (Fsp3) is 0.600. The van der Waals surface area contributed by atoms with Crippen LogP contribution in [0.15, 0.2) is 29.3 Å². The van der Waals surface area contributed by atoms with Crippen molar-refractivity contribution in [1.29, 1.82) is 0 Å². The summed E-state index contributed by atoms with van der Waals surface area (Å²) in [5.41, 5.74) is 1.04. The lowest BCUT2D eigenvalue weighted by atomic mass is 10.1. The van der Waals surface area contributed by atoms with E-state index in [1.807, 2.05) is 18.2 Å². The Balaban J connectivity index is 2.55. The Morgan fingerprint density at radius 2 is 1.67 bits per heavy atom. The molecule has 0 saturated carbocycles. The minimum atomic E-state index is -3.42. The van der Waals surface area contributed by atoms with Crippen molar-refractivity contribution in [1.82, 2.24) is 20.7 Å². The van der Waals surface area contributed by atoms with E-state index in [0.717, 1.165) is 11.1 Å². The van der Waals surface area contributed by atoms with Gasteiger partial charge in [-0.25, -0.2) is 17.9 Å². The van der Waals surface area contributed by atoms with E-state index in [-0.39, 0.29) is 11.8 Å². The van der Waals surface area contributed by atoms with Crippen molar-refractivity contribution in [3.63, 3.8) is 0 Å². The van der Waals surface area contributed by atoms with Crippen LogP contribution in [0.3, 0.4) is 0 Å². The Bertz CT molecular complexity index is 817. The molecule has 0 aliphatic carbocycles. The van der Waals surface area contributed by atoms with Crippen molar-refractivity contribution in [3.8, 4) is 0 Å². The molecule has 0 heterocycles. The second-order valence-electron chi connectivity index (χ2n) is 8.08. The van der Waals surface area contributed by atoms with Crippen LogP contribution in [0.25, 0.3) is 0 Å². The molecule has 0 spiro atoms. The van der Waals surface area contributed by atoms with E-state index in [9.17, 15) is 13.2 Å². The Morgan fingerprint density at radius 3 is 2.23 bits per heavy atom. The van der Waals surface area contributed by atoms with Gasteiger partial charge < -0.3 is 20.7 Å². The van der Waals surface area contributed by atoms with Crippen LogP contribution in [0.2, 0.25) is 0 Å². The van der Waals surface area contributed by atoms with Crippen LogP contribution >= 0.6 is 0 Å². The standard InChI is InChI=1S/C20H35N5O4S/c1-15(2)25-30(27,28)14-17-10-8-7-9-16(17)13-24-18(21-6)22-11-12-23-19(26)29-20(3,4)5/h7-10,15,25H,11-14H2,1-6H3,(H,23,26)(H2,21,22,24). The zero-order valence-electron chi connectivity index (χ0n) is 18.7. The van der Waals surface area contributed by atoms with Crippen LogP contribution < -0.4 is 20.7 Å². The van der Waals surface area contributed by atoms with Gasteiger partial charge in [0.25, 0.3) is 0 Å². The zero-order valence-corrected chi connectivity index (χ0v) is 19.5. The number of alkyl carbamates (subject to hydrolysis) is 1. The smallest absolute Gasteiger partial charge is 0.407 e. The lowest BCUT2D eigenvalue weighted by Crippen LogP contribution is -2.42. The van der Waals surface area contributed by atoms with Crippen molar-refractivity contribution in [2.45, 2.75) is 58.6 Å². The van der Waals surface area contributed by atoms with Crippen LogP contribution in [0.5, 0.6) is 0 Å². The fourth-order valence-electron chi connectivity index (χ4n) is 2.54. The average Bonchev–Trinajstić information content (AvgIpc) is 2.59. The maximum atomic E-state index is 12.3. The SMILES string of the molecule is CN=C(NCCNC(=O)OC(C)(C)C)NCc1ccccc1CS(=O)(=O)NC(C)C. The van der Waals surface area contributed by atoms with Crippen molar-refractivity contribution in [2.24, 2.45) is 4.99 Å². The molecule has 1 rings (SSSR count). The van der Waals surface area contributed by atoms with Gasteiger partial charge in [0.05, 0.1) is 5.75 Å². The molecule has 0 unspecified atom stereocenters. The first kappa shape index (κ1) is 25.7. The van der Waals surface area contributed by atoms with Crippen LogP contribution in [0.4, 0.5) is 4.79 Å². The van der Waals surface area contributed by atoms with Gasteiger partial charge in [-0.1, -0.05) is 24.3 Å². The maximum Gasteiger partial charge on any atom is 0.407 e.